The van der Waals surface area contributed by atoms with Gasteiger partial charge in [-0.25, -0.2) is 4.79 Å². The van der Waals surface area contributed by atoms with E-state index in [9.17, 15) is 26.4 Å². The van der Waals surface area contributed by atoms with Crippen molar-refractivity contribution >= 4 is 16.2 Å². The Morgan fingerprint density at radius 2 is 1.81 bits per heavy atom. The summed E-state index contributed by atoms with van der Waals surface area (Å²) < 4.78 is 69.8. The zero-order valence-electron chi connectivity index (χ0n) is 14.7. The number of halogens is 3. The van der Waals surface area contributed by atoms with Crippen LogP contribution in [0.15, 0.2) is 18.2 Å². The molecule has 0 saturated heterocycles. The molecular formula is C17H21F3N2O4S. The maximum atomic E-state index is 12.3. The Hall–Kier alpha value is -1.65. The SMILES string of the molecule is COC(=O)c1ccc2c(c1)C[C@@H]1CC[C@H](C2)[C@H]1NS(=O)(=O)NCC(F)(F)F. The number of benzene rings is 1. The van der Waals surface area contributed by atoms with Crippen LogP contribution in [0.3, 0.4) is 0 Å². The molecule has 6 nitrogen and oxygen atoms in total. The van der Waals surface area contributed by atoms with Gasteiger partial charge in [-0.3, -0.25) is 0 Å². The minimum absolute atomic E-state index is 0.00249. The van der Waals surface area contributed by atoms with Crippen LogP contribution in [-0.4, -0.2) is 40.3 Å². The molecule has 1 aromatic carbocycles. The predicted octanol–water partition coefficient (Wildman–Crippen LogP) is 1.95. The number of hydrogen-bond donors (Lipinski definition) is 2. The Morgan fingerprint density at radius 3 is 2.41 bits per heavy atom. The fourth-order valence-corrected chi connectivity index (χ4v) is 5.23. The summed E-state index contributed by atoms with van der Waals surface area (Å²) in [6.07, 6.45) is -1.87. The number of carbonyl (C=O) groups is 1. The van der Waals surface area contributed by atoms with E-state index in [1.807, 2.05) is 6.07 Å². The van der Waals surface area contributed by atoms with Crippen molar-refractivity contribution in [1.82, 2.24) is 9.44 Å². The highest BCUT2D eigenvalue weighted by Crippen LogP contribution is 2.40. The van der Waals surface area contributed by atoms with Gasteiger partial charge in [-0.05, 0) is 60.8 Å². The molecule has 1 saturated carbocycles. The van der Waals surface area contributed by atoms with E-state index >= 15 is 0 Å². The third kappa shape index (κ3) is 4.80. The molecule has 2 aliphatic carbocycles. The predicted molar refractivity (Wildman–Crippen MR) is 91.3 cm³/mol. The van der Waals surface area contributed by atoms with E-state index in [-0.39, 0.29) is 11.8 Å². The quantitative estimate of drug-likeness (QED) is 0.732. The molecule has 27 heavy (non-hydrogen) atoms. The van der Waals surface area contributed by atoms with Crippen LogP contribution >= 0.6 is 0 Å². The lowest BCUT2D eigenvalue weighted by Gasteiger charge is -2.23. The highest BCUT2D eigenvalue weighted by Gasteiger charge is 2.41. The minimum Gasteiger partial charge on any atom is -0.465 e. The molecule has 3 atom stereocenters. The van der Waals surface area contributed by atoms with Crippen molar-refractivity contribution in [3.8, 4) is 0 Å². The van der Waals surface area contributed by atoms with Gasteiger partial charge in [-0.15, -0.1) is 0 Å². The molecule has 0 aliphatic heterocycles. The third-order valence-electron chi connectivity index (χ3n) is 5.27. The first-order chi connectivity index (χ1) is 12.6. The molecule has 3 rings (SSSR count). The molecule has 1 fully saturated rings. The number of alkyl halides is 3. The fraction of sp³-hybridized carbons (Fsp3) is 0.588. The van der Waals surface area contributed by atoms with Gasteiger partial charge in [0.15, 0.2) is 0 Å². The third-order valence-corrected chi connectivity index (χ3v) is 6.38. The molecule has 10 heteroatoms. The fourth-order valence-electron chi connectivity index (χ4n) is 4.05. The highest BCUT2D eigenvalue weighted by molar-refractivity contribution is 7.87. The zero-order chi connectivity index (χ0) is 19.8. The van der Waals surface area contributed by atoms with E-state index in [1.165, 1.54) is 7.11 Å². The topological polar surface area (TPSA) is 84.5 Å². The van der Waals surface area contributed by atoms with Gasteiger partial charge in [0, 0.05) is 6.04 Å². The van der Waals surface area contributed by atoms with E-state index in [2.05, 4.69) is 4.72 Å². The molecule has 0 amide bonds. The molecule has 2 N–H and O–H groups in total. The van der Waals surface area contributed by atoms with Crippen molar-refractivity contribution in [1.29, 1.82) is 0 Å². The molecule has 0 aromatic heterocycles. The highest BCUT2D eigenvalue weighted by atomic mass is 32.2. The molecule has 2 aliphatic rings. The molecule has 150 valence electrons. The summed E-state index contributed by atoms with van der Waals surface area (Å²) in [5.41, 5.74) is 2.41. The normalized spacial score (nSPS) is 25.0. The van der Waals surface area contributed by atoms with Crippen LogP contribution in [0.2, 0.25) is 0 Å². The summed E-state index contributed by atoms with van der Waals surface area (Å²) in [6, 6.07) is 4.84. The van der Waals surface area contributed by atoms with E-state index in [1.54, 1.807) is 16.9 Å². The van der Waals surface area contributed by atoms with Crippen LogP contribution in [0.1, 0.15) is 34.3 Å². The summed E-state index contributed by atoms with van der Waals surface area (Å²) in [6.45, 7) is -1.60. The number of carbonyl (C=O) groups excluding carboxylic acids is 1. The van der Waals surface area contributed by atoms with E-state index in [0.29, 0.717) is 18.4 Å². The molecule has 0 unspecified atom stereocenters. The van der Waals surface area contributed by atoms with Crippen LogP contribution in [-0.2, 0) is 27.8 Å². The summed E-state index contributed by atoms with van der Waals surface area (Å²) >= 11 is 0. The van der Waals surface area contributed by atoms with Crippen molar-refractivity contribution in [2.24, 2.45) is 11.8 Å². The van der Waals surface area contributed by atoms with Gasteiger partial charge in [0.2, 0.25) is 0 Å². The monoisotopic (exact) mass is 406 g/mol. The van der Waals surface area contributed by atoms with E-state index in [4.69, 9.17) is 4.74 Å². The van der Waals surface area contributed by atoms with Gasteiger partial charge in [0.05, 0.1) is 12.7 Å². The lowest BCUT2D eigenvalue weighted by Crippen LogP contribution is -2.49. The van der Waals surface area contributed by atoms with Gasteiger partial charge in [0.25, 0.3) is 10.2 Å². The smallest absolute Gasteiger partial charge is 0.402 e. The first-order valence-electron chi connectivity index (χ1n) is 8.62. The number of methoxy groups -OCH3 is 1. The van der Waals surface area contributed by atoms with Crippen LogP contribution in [0.5, 0.6) is 0 Å². The Balaban J connectivity index is 1.76. The summed E-state index contributed by atoms with van der Waals surface area (Å²) in [4.78, 5) is 11.7. The molecule has 0 heterocycles. The first-order valence-corrected chi connectivity index (χ1v) is 10.1. The van der Waals surface area contributed by atoms with Crippen molar-refractivity contribution < 1.29 is 31.1 Å². The molecule has 0 radical (unpaired) electrons. The zero-order valence-corrected chi connectivity index (χ0v) is 15.5. The van der Waals surface area contributed by atoms with Crippen LogP contribution in [0, 0.1) is 11.8 Å². The Kier molecular flexibility index (Phi) is 5.51. The molecule has 0 spiro atoms. The largest absolute Gasteiger partial charge is 0.465 e. The lowest BCUT2D eigenvalue weighted by molar-refractivity contribution is -0.121. The lowest BCUT2D eigenvalue weighted by atomic mass is 9.92. The second-order valence-electron chi connectivity index (χ2n) is 7.06. The standard InChI is InChI=1S/C17H21F3N2O4S/c1-26-16(23)13-5-2-10-6-11-3-4-12(7-14(10)8-13)15(11)22-27(24,25)21-9-17(18,19)20/h2,5,8,11-12,15,21-22H,3-4,6-7,9H2,1H3/t11-,12+,15-/m1/s1. The summed E-state index contributed by atoms with van der Waals surface area (Å²) in [5, 5.41) is 0. The van der Waals surface area contributed by atoms with Crippen molar-refractivity contribution in [3.63, 3.8) is 0 Å². The molecule has 1 aromatic rings. The number of esters is 1. The van der Waals surface area contributed by atoms with Crippen molar-refractivity contribution in [2.75, 3.05) is 13.7 Å². The maximum absolute atomic E-state index is 12.3. The Morgan fingerprint density at radius 1 is 1.19 bits per heavy atom. The average molecular weight is 406 g/mol. The summed E-state index contributed by atoms with van der Waals surface area (Å²) in [7, 11) is -2.96. The van der Waals surface area contributed by atoms with Gasteiger partial charge >= 0.3 is 12.1 Å². The number of ether oxygens (including phenoxy) is 1. The summed E-state index contributed by atoms with van der Waals surface area (Å²) in [5.74, 6) is -0.477. The van der Waals surface area contributed by atoms with E-state index in [0.717, 1.165) is 24.0 Å². The van der Waals surface area contributed by atoms with Gasteiger partial charge < -0.3 is 4.74 Å². The Bertz CT molecular complexity index is 826. The first kappa shape index (κ1) is 20.1. The van der Waals surface area contributed by atoms with Crippen molar-refractivity contribution in [3.05, 3.63) is 34.9 Å². The van der Waals surface area contributed by atoms with E-state index < -0.39 is 34.9 Å². The second-order valence-corrected chi connectivity index (χ2v) is 8.60. The average Bonchev–Trinajstić information content (AvgIpc) is 2.85. The minimum atomic E-state index is -4.61. The van der Waals surface area contributed by atoms with Gasteiger partial charge in [0.1, 0.15) is 6.54 Å². The van der Waals surface area contributed by atoms with Crippen LogP contribution in [0.4, 0.5) is 13.2 Å². The Labute approximate surface area is 155 Å². The number of hydrogen-bond acceptors (Lipinski definition) is 4. The number of rotatable bonds is 5. The van der Waals surface area contributed by atoms with Crippen molar-refractivity contribution in [2.45, 2.75) is 37.9 Å². The number of nitrogens with one attached hydrogen (secondary N) is 2. The maximum Gasteiger partial charge on any atom is 0.402 e. The van der Waals surface area contributed by atoms with Gasteiger partial charge in [-0.2, -0.15) is 31.0 Å². The number of fused-ring (bicyclic) bond motifs is 3. The molecular weight excluding hydrogens is 385 g/mol. The molecule has 2 bridgehead atoms. The van der Waals surface area contributed by atoms with Crippen LogP contribution in [0.25, 0.3) is 0 Å². The van der Waals surface area contributed by atoms with Gasteiger partial charge in [-0.1, -0.05) is 6.07 Å². The second kappa shape index (κ2) is 7.40. The van der Waals surface area contributed by atoms with Crippen LogP contribution < -0.4 is 9.44 Å².